The third-order valence-corrected chi connectivity index (χ3v) is 8.76. The standard InChI is InChI=1S/C29H34N4O2S2/c1-5-6-14-32-26(31-15-12-19(2)13-16-31)23(20(3)24(18-30)27(32)34)17-25-28(35)33(29(36)37-25)21(4)22-10-8-7-9-11-22/h7-11,17,19,21H,5-6,12-16H2,1-4H3/b25-17+. The van der Waals surface area contributed by atoms with Crippen LogP contribution in [0.4, 0.5) is 5.82 Å². The van der Waals surface area contributed by atoms with Gasteiger partial charge < -0.3 is 4.90 Å². The van der Waals surface area contributed by atoms with E-state index in [9.17, 15) is 14.9 Å². The highest BCUT2D eigenvalue weighted by atomic mass is 32.2. The minimum Gasteiger partial charge on any atom is -0.357 e. The Labute approximate surface area is 229 Å². The number of anilines is 1. The zero-order valence-electron chi connectivity index (χ0n) is 22.0. The van der Waals surface area contributed by atoms with Crippen molar-refractivity contribution in [2.24, 2.45) is 5.92 Å². The number of rotatable bonds is 7. The monoisotopic (exact) mass is 534 g/mol. The summed E-state index contributed by atoms with van der Waals surface area (Å²) in [5.74, 6) is 1.31. The number of aromatic nitrogens is 1. The van der Waals surface area contributed by atoms with Gasteiger partial charge in [-0.3, -0.25) is 19.1 Å². The Hall–Kier alpha value is -2.89. The van der Waals surface area contributed by atoms with Gasteiger partial charge in [0.15, 0.2) is 0 Å². The molecule has 2 aromatic rings. The van der Waals surface area contributed by atoms with Crippen molar-refractivity contribution in [1.29, 1.82) is 5.26 Å². The smallest absolute Gasteiger partial charge is 0.270 e. The average Bonchev–Trinajstić information content (AvgIpc) is 3.18. The van der Waals surface area contributed by atoms with Crippen molar-refractivity contribution in [3.05, 3.63) is 67.8 Å². The molecule has 0 spiro atoms. The van der Waals surface area contributed by atoms with Crippen molar-refractivity contribution in [1.82, 2.24) is 9.47 Å². The second-order valence-electron chi connectivity index (χ2n) is 9.97. The first kappa shape index (κ1) is 27.2. The summed E-state index contributed by atoms with van der Waals surface area (Å²) < 4.78 is 2.28. The average molecular weight is 535 g/mol. The molecule has 3 heterocycles. The first-order valence-corrected chi connectivity index (χ1v) is 14.2. The Kier molecular flexibility index (Phi) is 8.56. The minimum atomic E-state index is -0.246. The summed E-state index contributed by atoms with van der Waals surface area (Å²) in [4.78, 5) is 31.6. The van der Waals surface area contributed by atoms with E-state index in [1.165, 1.54) is 11.8 Å². The van der Waals surface area contributed by atoms with E-state index in [-0.39, 0.29) is 23.1 Å². The first-order chi connectivity index (χ1) is 17.8. The number of unbranched alkanes of at least 4 members (excludes halogenated alkanes) is 1. The highest BCUT2D eigenvalue weighted by Crippen LogP contribution is 2.40. The third kappa shape index (κ3) is 5.39. The molecule has 2 aliphatic heterocycles. The minimum absolute atomic E-state index is 0.143. The molecule has 1 aromatic heterocycles. The highest BCUT2D eigenvalue weighted by Gasteiger charge is 2.37. The molecule has 2 aliphatic rings. The summed E-state index contributed by atoms with van der Waals surface area (Å²) in [6.45, 7) is 10.4. The summed E-state index contributed by atoms with van der Waals surface area (Å²) in [6.07, 6.45) is 5.71. The summed E-state index contributed by atoms with van der Waals surface area (Å²) >= 11 is 6.94. The van der Waals surface area contributed by atoms with Crippen LogP contribution in [0.1, 0.15) is 74.8 Å². The third-order valence-electron chi connectivity index (χ3n) is 7.43. The molecule has 0 radical (unpaired) electrons. The second-order valence-corrected chi connectivity index (χ2v) is 11.6. The van der Waals surface area contributed by atoms with Crippen LogP contribution in [-0.4, -0.2) is 32.8 Å². The fraction of sp³-hybridized carbons (Fsp3) is 0.448. The van der Waals surface area contributed by atoms with Crippen LogP contribution >= 0.6 is 24.0 Å². The molecule has 1 aromatic carbocycles. The van der Waals surface area contributed by atoms with Gasteiger partial charge in [-0.1, -0.05) is 74.6 Å². The van der Waals surface area contributed by atoms with E-state index in [1.807, 2.05) is 50.3 Å². The number of nitrogens with zero attached hydrogens (tertiary/aromatic N) is 4. The SMILES string of the molecule is CCCCn1c(N2CCC(C)CC2)c(/C=C2/SC(=S)N(C(C)c3ccccc3)C2=O)c(C)c(C#N)c1=O. The van der Waals surface area contributed by atoms with E-state index in [2.05, 4.69) is 24.8 Å². The van der Waals surface area contributed by atoms with Gasteiger partial charge >= 0.3 is 0 Å². The number of thioether (sulfide) groups is 1. The zero-order chi connectivity index (χ0) is 26.7. The van der Waals surface area contributed by atoms with Gasteiger partial charge in [0.25, 0.3) is 11.5 Å². The second kappa shape index (κ2) is 11.7. The molecule has 0 bridgehead atoms. The van der Waals surface area contributed by atoms with Gasteiger partial charge in [-0.15, -0.1) is 0 Å². The van der Waals surface area contributed by atoms with Gasteiger partial charge in [0.05, 0.1) is 10.9 Å². The topological polar surface area (TPSA) is 69.3 Å². The molecule has 4 rings (SSSR count). The van der Waals surface area contributed by atoms with Crippen molar-refractivity contribution < 1.29 is 4.79 Å². The Morgan fingerprint density at radius 3 is 2.51 bits per heavy atom. The molecule has 6 nitrogen and oxygen atoms in total. The molecule has 2 fully saturated rings. The highest BCUT2D eigenvalue weighted by molar-refractivity contribution is 8.26. The molecule has 1 unspecified atom stereocenters. The maximum atomic E-state index is 13.7. The molecule has 0 N–H and O–H groups in total. The zero-order valence-corrected chi connectivity index (χ0v) is 23.6. The predicted octanol–water partition coefficient (Wildman–Crippen LogP) is 6.03. The van der Waals surface area contributed by atoms with Crippen LogP contribution in [0.15, 0.2) is 40.0 Å². The number of pyridine rings is 1. The van der Waals surface area contributed by atoms with Crippen molar-refractivity contribution in [3.63, 3.8) is 0 Å². The maximum Gasteiger partial charge on any atom is 0.270 e. The fourth-order valence-corrected chi connectivity index (χ4v) is 6.45. The van der Waals surface area contributed by atoms with E-state index >= 15 is 0 Å². The molecule has 2 saturated heterocycles. The molecule has 0 aliphatic carbocycles. The summed E-state index contributed by atoms with van der Waals surface area (Å²) in [6, 6.07) is 11.8. The molecule has 194 valence electrons. The first-order valence-electron chi connectivity index (χ1n) is 13.0. The predicted molar refractivity (Wildman–Crippen MR) is 156 cm³/mol. The van der Waals surface area contributed by atoms with Gasteiger partial charge in [-0.05, 0) is 56.2 Å². The number of benzene rings is 1. The van der Waals surface area contributed by atoms with E-state index in [4.69, 9.17) is 12.2 Å². The van der Waals surface area contributed by atoms with Gasteiger partial charge in [0, 0.05) is 25.2 Å². The summed E-state index contributed by atoms with van der Waals surface area (Å²) in [5, 5.41) is 9.91. The largest absolute Gasteiger partial charge is 0.357 e. The van der Waals surface area contributed by atoms with Crippen molar-refractivity contribution in [3.8, 4) is 6.07 Å². The van der Waals surface area contributed by atoms with E-state index in [1.54, 1.807) is 9.47 Å². The Morgan fingerprint density at radius 1 is 1.22 bits per heavy atom. The number of piperidine rings is 1. The number of hydrogen-bond donors (Lipinski definition) is 0. The van der Waals surface area contributed by atoms with Crippen LogP contribution in [-0.2, 0) is 11.3 Å². The summed E-state index contributed by atoms with van der Waals surface area (Å²) in [5.41, 5.74) is 2.30. The number of carbonyl (C=O) groups excluding carboxylic acids is 1. The Morgan fingerprint density at radius 2 is 1.89 bits per heavy atom. The molecule has 37 heavy (non-hydrogen) atoms. The van der Waals surface area contributed by atoms with Gasteiger partial charge in [0.1, 0.15) is 21.8 Å². The van der Waals surface area contributed by atoms with Crippen LogP contribution in [0.3, 0.4) is 0 Å². The molecule has 0 saturated carbocycles. The quantitative estimate of drug-likeness (QED) is 0.319. The lowest BCUT2D eigenvalue weighted by Crippen LogP contribution is -2.39. The lowest BCUT2D eigenvalue weighted by molar-refractivity contribution is -0.123. The van der Waals surface area contributed by atoms with Crippen LogP contribution in [0.5, 0.6) is 0 Å². The molecular formula is C29H34N4O2S2. The molecule has 1 atom stereocenters. The number of amides is 1. The molecular weight excluding hydrogens is 500 g/mol. The lowest BCUT2D eigenvalue weighted by Gasteiger charge is -2.35. The van der Waals surface area contributed by atoms with Gasteiger partial charge in [-0.2, -0.15) is 5.26 Å². The van der Waals surface area contributed by atoms with E-state index in [0.717, 1.165) is 55.7 Å². The van der Waals surface area contributed by atoms with Gasteiger partial charge in [-0.25, -0.2) is 0 Å². The maximum absolute atomic E-state index is 13.7. The lowest BCUT2D eigenvalue weighted by atomic mass is 9.97. The van der Waals surface area contributed by atoms with Crippen molar-refractivity contribution in [2.45, 2.75) is 66.0 Å². The number of hydrogen-bond acceptors (Lipinski definition) is 6. The van der Waals surface area contributed by atoms with Crippen LogP contribution in [0.2, 0.25) is 0 Å². The number of carbonyl (C=O) groups is 1. The number of thiocarbonyl (C=S) groups is 1. The Bertz CT molecular complexity index is 1320. The van der Waals surface area contributed by atoms with Crippen molar-refractivity contribution in [2.75, 3.05) is 18.0 Å². The summed E-state index contributed by atoms with van der Waals surface area (Å²) in [7, 11) is 0. The van der Waals surface area contributed by atoms with E-state index in [0.29, 0.717) is 27.3 Å². The molecule has 1 amide bonds. The van der Waals surface area contributed by atoms with Crippen LogP contribution in [0.25, 0.3) is 6.08 Å². The van der Waals surface area contributed by atoms with Crippen LogP contribution in [0, 0.1) is 24.2 Å². The Balaban J connectivity index is 1.84. The number of nitriles is 1. The van der Waals surface area contributed by atoms with Crippen molar-refractivity contribution >= 4 is 46.1 Å². The van der Waals surface area contributed by atoms with Gasteiger partial charge in [0.2, 0.25) is 0 Å². The fourth-order valence-electron chi connectivity index (χ4n) is 5.05. The molecule has 8 heteroatoms. The van der Waals surface area contributed by atoms with E-state index < -0.39 is 0 Å². The normalized spacial score (nSPS) is 18.5. The van der Waals surface area contributed by atoms with Crippen LogP contribution < -0.4 is 10.5 Å².